The second-order valence-corrected chi connectivity index (χ2v) is 5.78. The zero-order chi connectivity index (χ0) is 14.7. The van der Waals surface area contributed by atoms with E-state index in [9.17, 15) is 18.9 Å². The molecule has 2 aromatic rings. The number of nitro groups is 1. The number of thioether (sulfide) groups is 1. The van der Waals surface area contributed by atoms with Crippen molar-refractivity contribution in [2.24, 2.45) is 0 Å². The second-order valence-electron chi connectivity index (χ2n) is 3.91. The summed E-state index contributed by atoms with van der Waals surface area (Å²) in [6.07, 6.45) is 0. The van der Waals surface area contributed by atoms with Crippen molar-refractivity contribution in [3.8, 4) is 0 Å². The molecule has 0 saturated heterocycles. The molecule has 0 unspecified atom stereocenters. The van der Waals surface area contributed by atoms with Crippen LogP contribution >= 0.6 is 27.7 Å². The molecular weight excluding hydrogens is 352 g/mol. The molecule has 20 heavy (non-hydrogen) atoms. The van der Waals surface area contributed by atoms with E-state index < -0.39 is 16.6 Å². The van der Waals surface area contributed by atoms with Gasteiger partial charge in [0.05, 0.1) is 9.40 Å². The van der Waals surface area contributed by atoms with Crippen molar-refractivity contribution < 1.29 is 13.7 Å². The summed E-state index contributed by atoms with van der Waals surface area (Å²) in [7, 11) is 0. The van der Waals surface area contributed by atoms with Gasteiger partial charge in [0, 0.05) is 22.8 Å². The maximum absolute atomic E-state index is 13.4. The lowest BCUT2D eigenvalue weighted by molar-refractivity contribution is -0.385. The van der Waals surface area contributed by atoms with Gasteiger partial charge in [0.2, 0.25) is 0 Å². The van der Waals surface area contributed by atoms with Crippen molar-refractivity contribution >= 4 is 33.4 Å². The fraction of sp³-hybridized carbons (Fsp3) is 0.0769. The Morgan fingerprint density at radius 1 is 1.20 bits per heavy atom. The number of benzene rings is 2. The first-order valence-corrected chi connectivity index (χ1v) is 7.26. The topological polar surface area (TPSA) is 43.1 Å². The Hall–Kier alpha value is -1.47. The van der Waals surface area contributed by atoms with Crippen molar-refractivity contribution in [2.75, 3.05) is 0 Å². The second kappa shape index (κ2) is 6.32. The van der Waals surface area contributed by atoms with Gasteiger partial charge in [-0.05, 0) is 39.7 Å². The Balaban J connectivity index is 2.15. The highest BCUT2D eigenvalue weighted by molar-refractivity contribution is 9.10. The van der Waals surface area contributed by atoms with Crippen molar-refractivity contribution in [3.05, 3.63) is 68.2 Å². The van der Waals surface area contributed by atoms with Crippen molar-refractivity contribution in [2.45, 2.75) is 10.6 Å². The molecule has 0 saturated carbocycles. The standard InChI is InChI=1S/C13H8BrF2NO2S/c14-10-3-1-8(5-12(10)17(18)19)7-20-13-4-2-9(15)6-11(13)16/h1-6H,7H2. The van der Waals surface area contributed by atoms with Gasteiger partial charge >= 0.3 is 0 Å². The number of halogens is 3. The molecule has 0 aromatic heterocycles. The Morgan fingerprint density at radius 3 is 2.60 bits per heavy atom. The molecule has 0 fully saturated rings. The van der Waals surface area contributed by atoms with Gasteiger partial charge in [0.25, 0.3) is 5.69 Å². The lowest BCUT2D eigenvalue weighted by atomic mass is 10.2. The lowest BCUT2D eigenvalue weighted by Crippen LogP contribution is -1.92. The Bertz CT molecular complexity index is 667. The number of nitrogens with zero attached hydrogens (tertiary/aromatic N) is 1. The molecule has 7 heteroatoms. The van der Waals surface area contributed by atoms with E-state index in [2.05, 4.69) is 15.9 Å². The van der Waals surface area contributed by atoms with Gasteiger partial charge in [-0.2, -0.15) is 0 Å². The predicted octanol–water partition coefficient (Wildman–Crippen LogP) is 4.93. The Kier molecular flexibility index (Phi) is 4.72. The first kappa shape index (κ1) is 14.9. The van der Waals surface area contributed by atoms with E-state index >= 15 is 0 Å². The molecule has 2 aromatic carbocycles. The minimum Gasteiger partial charge on any atom is -0.258 e. The van der Waals surface area contributed by atoms with Gasteiger partial charge in [0.15, 0.2) is 0 Å². The molecule has 0 heterocycles. The van der Waals surface area contributed by atoms with E-state index in [1.165, 1.54) is 18.2 Å². The molecule has 3 nitrogen and oxygen atoms in total. The number of hydrogen-bond donors (Lipinski definition) is 0. The third-order valence-electron chi connectivity index (χ3n) is 2.50. The van der Waals surface area contributed by atoms with Gasteiger partial charge in [-0.1, -0.05) is 6.07 Å². The van der Waals surface area contributed by atoms with Crippen LogP contribution in [0.4, 0.5) is 14.5 Å². The molecule has 0 spiro atoms. The van der Waals surface area contributed by atoms with Crippen LogP contribution in [0.1, 0.15) is 5.56 Å². The zero-order valence-corrected chi connectivity index (χ0v) is 12.4. The van der Waals surface area contributed by atoms with Crippen molar-refractivity contribution in [3.63, 3.8) is 0 Å². The van der Waals surface area contributed by atoms with Gasteiger partial charge < -0.3 is 0 Å². The van der Waals surface area contributed by atoms with E-state index in [-0.39, 0.29) is 5.69 Å². The fourth-order valence-electron chi connectivity index (χ4n) is 1.54. The highest BCUT2D eigenvalue weighted by atomic mass is 79.9. The molecule has 0 radical (unpaired) electrons. The minimum absolute atomic E-state index is 0.0392. The van der Waals surface area contributed by atoms with Gasteiger partial charge in [-0.25, -0.2) is 8.78 Å². The highest BCUT2D eigenvalue weighted by Crippen LogP contribution is 2.30. The fourth-order valence-corrected chi connectivity index (χ4v) is 2.80. The summed E-state index contributed by atoms with van der Waals surface area (Å²) >= 11 is 4.25. The summed E-state index contributed by atoms with van der Waals surface area (Å²) in [6, 6.07) is 8.06. The first-order chi connectivity index (χ1) is 9.47. The maximum Gasteiger partial charge on any atom is 0.283 e. The van der Waals surface area contributed by atoms with E-state index in [0.29, 0.717) is 20.7 Å². The summed E-state index contributed by atoms with van der Waals surface area (Å²) in [4.78, 5) is 10.6. The molecule has 2 rings (SSSR count). The normalized spacial score (nSPS) is 10.6. The van der Waals surface area contributed by atoms with Crippen LogP contribution in [0.5, 0.6) is 0 Å². The molecule has 0 aliphatic heterocycles. The van der Waals surface area contributed by atoms with Gasteiger partial charge in [-0.3, -0.25) is 10.1 Å². The van der Waals surface area contributed by atoms with E-state index in [4.69, 9.17) is 0 Å². The summed E-state index contributed by atoms with van der Waals surface area (Å²) in [5.41, 5.74) is 0.649. The van der Waals surface area contributed by atoms with Crippen LogP contribution in [0, 0.1) is 21.7 Å². The minimum atomic E-state index is -0.637. The van der Waals surface area contributed by atoms with E-state index in [1.54, 1.807) is 12.1 Å². The molecule has 0 atom stereocenters. The van der Waals surface area contributed by atoms with Crippen LogP contribution in [0.2, 0.25) is 0 Å². The Labute approximate surface area is 126 Å². The number of rotatable bonds is 4. The SMILES string of the molecule is O=[N+]([O-])c1cc(CSc2ccc(F)cc2F)ccc1Br. The monoisotopic (exact) mass is 359 g/mol. The summed E-state index contributed by atoms with van der Waals surface area (Å²) in [5.74, 6) is -0.913. The number of nitro benzene ring substituents is 1. The Morgan fingerprint density at radius 2 is 1.95 bits per heavy atom. The van der Waals surface area contributed by atoms with Crippen LogP contribution in [-0.2, 0) is 5.75 Å². The molecule has 0 aliphatic rings. The average Bonchev–Trinajstić information content (AvgIpc) is 2.39. The molecule has 0 bridgehead atoms. The quantitative estimate of drug-likeness (QED) is 0.441. The molecule has 104 valence electrons. The van der Waals surface area contributed by atoms with Crippen LogP contribution in [0.15, 0.2) is 45.8 Å². The van der Waals surface area contributed by atoms with Crippen LogP contribution in [0.25, 0.3) is 0 Å². The van der Waals surface area contributed by atoms with Crippen molar-refractivity contribution in [1.82, 2.24) is 0 Å². The number of hydrogen-bond acceptors (Lipinski definition) is 3. The van der Waals surface area contributed by atoms with Gasteiger partial charge in [0.1, 0.15) is 11.6 Å². The average molecular weight is 360 g/mol. The highest BCUT2D eigenvalue weighted by Gasteiger charge is 2.13. The third-order valence-corrected chi connectivity index (χ3v) is 4.29. The van der Waals surface area contributed by atoms with Crippen LogP contribution in [0.3, 0.4) is 0 Å². The largest absolute Gasteiger partial charge is 0.283 e. The van der Waals surface area contributed by atoms with Gasteiger partial charge in [-0.15, -0.1) is 11.8 Å². The first-order valence-electron chi connectivity index (χ1n) is 5.48. The predicted molar refractivity (Wildman–Crippen MR) is 76.7 cm³/mol. The molecule has 0 N–H and O–H groups in total. The zero-order valence-electron chi connectivity index (χ0n) is 9.98. The molecular formula is C13H8BrF2NO2S. The van der Waals surface area contributed by atoms with Crippen molar-refractivity contribution in [1.29, 1.82) is 0 Å². The van der Waals surface area contributed by atoms with E-state index in [0.717, 1.165) is 17.8 Å². The van der Waals surface area contributed by atoms with Crippen LogP contribution in [-0.4, -0.2) is 4.92 Å². The third kappa shape index (κ3) is 3.55. The maximum atomic E-state index is 13.4. The summed E-state index contributed by atoms with van der Waals surface area (Å²) in [5, 5.41) is 10.8. The molecule has 0 aliphatic carbocycles. The summed E-state index contributed by atoms with van der Waals surface area (Å²) in [6.45, 7) is 0. The van der Waals surface area contributed by atoms with Crippen LogP contribution < -0.4 is 0 Å². The lowest BCUT2D eigenvalue weighted by Gasteiger charge is -2.04. The molecule has 0 amide bonds. The van der Waals surface area contributed by atoms with E-state index in [1.807, 2.05) is 0 Å². The smallest absolute Gasteiger partial charge is 0.258 e. The summed E-state index contributed by atoms with van der Waals surface area (Å²) < 4.78 is 26.6.